The van der Waals surface area contributed by atoms with E-state index in [1.54, 1.807) is 26.4 Å². The summed E-state index contributed by atoms with van der Waals surface area (Å²) in [5.41, 5.74) is 4.65. The highest BCUT2D eigenvalue weighted by Gasteiger charge is 2.23. The molecule has 0 saturated carbocycles. The molecule has 0 atom stereocenters. The van der Waals surface area contributed by atoms with Crippen LogP contribution < -0.4 is 14.8 Å². The van der Waals surface area contributed by atoms with Crippen LogP contribution >= 0.6 is 11.6 Å². The van der Waals surface area contributed by atoms with Crippen LogP contribution in [-0.2, 0) is 13.0 Å². The quantitative estimate of drug-likeness (QED) is 0.466. The number of carboxylic acids is 1. The van der Waals surface area contributed by atoms with Crippen LogP contribution in [0.25, 0.3) is 5.69 Å². The minimum Gasteiger partial charge on any atom is -0.497 e. The summed E-state index contributed by atoms with van der Waals surface area (Å²) >= 11 is 6.01. The van der Waals surface area contributed by atoms with Gasteiger partial charge in [0.05, 0.1) is 19.8 Å². The smallest absolute Gasteiger partial charge is 0.337 e. The minimum atomic E-state index is -0.929. The Bertz CT molecular complexity index is 1070. The number of aromatic carboxylic acids is 1. The van der Waals surface area contributed by atoms with Gasteiger partial charge in [0.1, 0.15) is 11.5 Å². The highest BCUT2D eigenvalue weighted by atomic mass is 35.5. The lowest BCUT2D eigenvalue weighted by atomic mass is 10.1. The number of ether oxygens (including phenoxy) is 2. The minimum absolute atomic E-state index is 0.335. The van der Waals surface area contributed by atoms with Crippen molar-refractivity contribution < 1.29 is 19.4 Å². The third kappa shape index (κ3) is 4.86. The van der Waals surface area contributed by atoms with Crippen LogP contribution in [0.15, 0.2) is 42.5 Å². The first-order chi connectivity index (χ1) is 14.9. The molecule has 0 spiro atoms. The van der Waals surface area contributed by atoms with Gasteiger partial charge in [-0.1, -0.05) is 17.7 Å². The lowest BCUT2D eigenvalue weighted by molar-refractivity contribution is 0.0695. The molecule has 2 aromatic carbocycles. The van der Waals surface area contributed by atoms with Gasteiger partial charge >= 0.3 is 5.97 Å². The van der Waals surface area contributed by atoms with E-state index in [0.717, 1.165) is 40.4 Å². The Hall–Kier alpha value is -2.96. The van der Waals surface area contributed by atoms with Gasteiger partial charge in [-0.15, -0.1) is 0 Å². The number of nitrogens with zero attached hydrogens (tertiary/aromatic N) is 1. The van der Waals surface area contributed by atoms with E-state index in [9.17, 15) is 9.90 Å². The van der Waals surface area contributed by atoms with Gasteiger partial charge in [0.25, 0.3) is 0 Å². The molecular formula is C24H27ClN2O4. The first kappa shape index (κ1) is 22.7. The van der Waals surface area contributed by atoms with Crippen LogP contribution in [-0.4, -0.2) is 36.4 Å². The maximum atomic E-state index is 12.0. The van der Waals surface area contributed by atoms with Crippen molar-refractivity contribution in [2.75, 3.05) is 20.8 Å². The molecule has 31 heavy (non-hydrogen) atoms. The number of methoxy groups -OCH3 is 2. The molecule has 7 heteroatoms. The maximum Gasteiger partial charge on any atom is 0.337 e. The Labute approximate surface area is 187 Å². The van der Waals surface area contributed by atoms with Crippen molar-refractivity contribution in [3.63, 3.8) is 0 Å². The third-order valence-electron chi connectivity index (χ3n) is 5.44. The Morgan fingerprint density at radius 2 is 1.77 bits per heavy atom. The number of rotatable bonds is 9. The summed E-state index contributed by atoms with van der Waals surface area (Å²) in [4.78, 5) is 12.0. The van der Waals surface area contributed by atoms with Gasteiger partial charge in [0, 0.05) is 40.3 Å². The summed E-state index contributed by atoms with van der Waals surface area (Å²) in [5.74, 6) is 0.588. The predicted molar refractivity (Wildman–Crippen MR) is 122 cm³/mol. The predicted octanol–water partition coefficient (Wildman–Crippen LogP) is 4.80. The molecule has 2 N–H and O–H groups in total. The largest absolute Gasteiger partial charge is 0.497 e. The van der Waals surface area contributed by atoms with Crippen molar-refractivity contribution in [1.82, 2.24) is 9.88 Å². The highest BCUT2D eigenvalue weighted by Crippen LogP contribution is 2.28. The molecule has 0 radical (unpaired) electrons. The average molecular weight is 443 g/mol. The molecule has 0 fully saturated rings. The van der Waals surface area contributed by atoms with Crippen LogP contribution in [0, 0.1) is 13.8 Å². The third-order valence-corrected chi connectivity index (χ3v) is 5.69. The number of halogens is 1. The van der Waals surface area contributed by atoms with Crippen LogP contribution in [0.4, 0.5) is 0 Å². The van der Waals surface area contributed by atoms with Gasteiger partial charge in [0.2, 0.25) is 0 Å². The second-order valence-corrected chi connectivity index (χ2v) is 7.68. The van der Waals surface area contributed by atoms with Crippen molar-refractivity contribution in [2.24, 2.45) is 0 Å². The van der Waals surface area contributed by atoms with Gasteiger partial charge in [0.15, 0.2) is 0 Å². The molecule has 1 aromatic heterocycles. The summed E-state index contributed by atoms with van der Waals surface area (Å²) in [5, 5.41) is 13.9. The zero-order chi connectivity index (χ0) is 22.5. The van der Waals surface area contributed by atoms with Gasteiger partial charge < -0.3 is 24.5 Å². The van der Waals surface area contributed by atoms with Gasteiger partial charge in [-0.2, -0.15) is 0 Å². The molecule has 0 aliphatic heterocycles. The SMILES string of the molecule is COc1ccc(CCNCc2c(C(=O)O)c(C)n(-c3ccc(Cl)cc3)c2C)c(OC)c1. The molecule has 3 aromatic rings. The fraction of sp³-hybridized carbons (Fsp3) is 0.292. The molecule has 1 heterocycles. The molecular weight excluding hydrogens is 416 g/mol. The Morgan fingerprint density at radius 1 is 1.06 bits per heavy atom. The number of nitrogens with one attached hydrogen (secondary N) is 1. The van der Waals surface area contributed by atoms with E-state index in [4.69, 9.17) is 21.1 Å². The van der Waals surface area contributed by atoms with E-state index < -0.39 is 5.97 Å². The molecule has 3 rings (SSSR count). The molecule has 0 unspecified atom stereocenters. The first-order valence-corrected chi connectivity index (χ1v) is 10.4. The number of hydrogen-bond acceptors (Lipinski definition) is 4. The Kier molecular flexibility index (Phi) is 7.25. The van der Waals surface area contributed by atoms with Crippen molar-refractivity contribution in [3.05, 3.63) is 75.6 Å². The molecule has 6 nitrogen and oxygen atoms in total. The van der Waals surface area contributed by atoms with E-state index in [-0.39, 0.29) is 0 Å². The average Bonchev–Trinajstić information content (AvgIpc) is 3.01. The molecule has 164 valence electrons. The zero-order valence-corrected chi connectivity index (χ0v) is 18.9. The summed E-state index contributed by atoms with van der Waals surface area (Å²) in [6.07, 6.45) is 0.742. The van der Waals surface area contributed by atoms with Crippen molar-refractivity contribution in [3.8, 4) is 17.2 Å². The number of carboxylic acid groups (broad SMARTS) is 1. The highest BCUT2D eigenvalue weighted by molar-refractivity contribution is 6.30. The van der Waals surface area contributed by atoms with Crippen molar-refractivity contribution in [2.45, 2.75) is 26.8 Å². The summed E-state index contributed by atoms with van der Waals surface area (Å²) in [7, 11) is 3.26. The van der Waals surface area contributed by atoms with E-state index in [1.165, 1.54) is 0 Å². The van der Waals surface area contributed by atoms with Crippen LogP contribution in [0.2, 0.25) is 5.02 Å². The monoisotopic (exact) mass is 442 g/mol. The fourth-order valence-electron chi connectivity index (χ4n) is 3.87. The second kappa shape index (κ2) is 9.90. The molecule has 0 amide bonds. The Balaban J connectivity index is 1.78. The zero-order valence-electron chi connectivity index (χ0n) is 18.2. The summed E-state index contributed by atoms with van der Waals surface area (Å²) in [6.45, 7) is 4.90. The van der Waals surface area contributed by atoms with Gasteiger partial charge in [-0.3, -0.25) is 0 Å². The number of carbonyl (C=O) groups is 1. The maximum absolute atomic E-state index is 12.0. The second-order valence-electron chi connectivity index (χ2n) is 7.25. The van der Waals surface area contributed by atoms with Crippen molar-refractivity contribution in [1.29, 1.82) is 0 Å². The molecule has 0 saturated heterocycles. The first-order valence-electron chi connectivity index (χ1n) is 9.99. The van der Waals surface area contributed by atoms with Crippen LogP contribution in [0.3, 0.4) is 0 Å². The van der Waals surface area contributed by atoms with Crippen LogP contribution in [0.5, 0.6) is 11.5 Å². The van der Waals surface area contributed by atoms with Crippen molar-refractivity contribution >= 4 is 17.6 Å². The van der Waals surface area contributed by atoms with E-state index in [0.29, 0.717) is 29.4 Å². The van der Waals surface area contributed by atoms with E-state index >= 15 is 0 Å². The van der Waals surface area contributed by atoms with Gasteiger partial charge in [-0.25, -0.2) is 4.79 Å². The normalized spacial score (nSPS) is 10.9. The lowest BCUT2D eigenvalue weighted by Crippen LogP contribution is -2.19. The standard InChI is InChI=1S/C24H27ClN2O4/c1-15-21(14-26-12-11-17-5-10-20(30-3)13-22(17)31-4)23(24(28)29)16(2)27(15)19-8-6-18(25)7-9-19/h5-10,13,26H,11-12,14H2,1-4H3,(H,28,29). The molecule has 0 bridgehead atoms. The van der Waals surface area contributed by atoms with E-state index in [2.05, 4.69) is 5.32 Å². The number of aromatic nitrogens is 1. The topological polar surface area (TPSA) is 72.7 Å². The number of benzene rings is 2. The summed E-state index contributed by atoms with van der Waals surface area (Å²) in [6, 6.07) is 13.1. The summed E-state index contributed by atoms with van der Waals surface area (Å²) < 4.78 is 12.7. The van der Waals surface area contributed by atoms with Crippen LogP contribution in [0.1, 0.15) is 32.9 Å². The fourth-order valence-corrected chi connectivity index (χ4v) is 4.00. The lowest BCUT2D eigenvalue weighted by Gasteiger charge is -2.12. The number of hydrogen-bond donors (Lipinski definition) is 2. The molecule has 0 aliphatic carbocycles. The molecule has 0 aliphatic rings. The van der Waals surface area contributed by atoms with Gasteiger partial charge in [-0.05, 0) is 62.7 Å². The Morgan fingerprint density at radius 3 is 2.39 bits per heavy atom. The van der Waals surface area contributed by atoms with E-state index in [1.807, 2.05) is 48.7 Å².